The minimum Gasteiger partial charge on any atom is -0.378 e. The number of hydrogen-bond acceptors (Lipinski definition) is 2. The molecule has 0 aliphatic carbocycles. The van der Waals surface area contributed by atoms with Crippen molar-refractivity contribution in [2.24, 2.45) is 0 Å². The molecule has 0 amide bonds. The van der Waals surface area contributed by atoms with Gasteiger partial charge >= 0.3 is 0 Å². The van der Waals surface area contributed by atoms with Crippen molar-refractivity contribution in [3.63, 3.8) is 0 Å². The molecule has 1 saturated heterocycles. The highest BCUT2D eigenvalue weighted by Gasteiger charge is 2.17. The van der Waals surface area contributed by atoms with Crippen LogP contribution in [0.25, 0.3) is 0 Å². The summed E-state index contributed by atoms with van der Waals surface area (Å²) in [6.07, 6.45) is 6.14. The average molecular weight is 330 g/mol. The van der Waals surface area contributed by atoms with Crippen LogP contribution >= 0.6 is 15.9 Å². The first kappa shape index (κ1) is 14.9. The summed E-state index contributed by atoms with van der Waals surface area (Å²) in [6, 6.07) is 5.16. The Hall–Kier alpha value is -0.450. The molecule has 19 heavy (non-hydrogen) atoms. The van der Waals surface area contributed by atoms with Gasteiger partial charge in [0.05, 0.1) is 6.10 Å². The second kappa shape index (κ2) is 7.36. The molecule has 0 aromatic heterocycles. The Kier molecular flexibility index (Phi) is 5.79. The summed E-state index contributed by atoms with van der Waals surface area (Å²) in [4.78, 5) is 0. The van der Waals surface area contributed by atoms with Gasteiger partial charge in [0, 0.05) is 17.1 Å². The lowest BCUT2D eigenvalue weighted by atomic mass is 9.99. The zero-order valence-corrected chi connectivity index (χ0v) is 12.9. The van der Waals surface area contributed by atoms with E-state index in [4.69, 9.17) is 4.74 Å². The number of rotatable bonds is 6. The van der Waals surface area contributed by atoms with E-state index in [9.17, 15) is 4.39 Å². The fourth-order valence-electron chi connectivity index (χ4n) is 2.66. The van der Waals surface area contributed by atoms with Crippen LogP contribution in [0, 0.1) is 5.82 Å². The molecule has 1 aliphatic heterocycles. The van der Waals surface area contributed by atoms with Crippen molar-refractivity contribution in [2.75, 3.05) is 13.7 Å². The van der Waals surface area contributed by atoms with E-state index in [1.807, 2.05) is 13.1 Å². The van der Waals surface area contributed by atoms with Crippen molar-refractivity contribution in [1.29, 1.82) is 0 Å². The Bertz CT molecular complexity index is 407. The second-order valence-electron chi connectivity index (χ2n) is 5.07. The van der Waals surface area contributed by atoms with Crippen LogP contribution in [-0.4, -0.2) is 19.8 Å². The van der Waals surface area contributed by atoms with Crippen molar-refractivity contribution in [2.45, 2.75) is 44.2 Å². The fraction of sp³-hybridized carbons (Fsp3) is 0.600. The molecule has 1 N–H and O–H groups in total. The van der Waals surface area contributed by atoms with Crippen LogP contribution in [0.15, 0.2) is 22.7 Å². The van der Waals surface area contributed by atoms with Crippen LogP contribution in [0.2, 0.25) is 0 Å². The zero-order chi connectivity index (χ0) is 13.7. The normalized spacial score (nSPS) is 20.7. The lowest BCUT2D eigenvalue weighted by molar-refractivity contribution is 0.101. The molecular weight excluding hydrogens is 309 g/mol. The van der Waals surface area contributed by atoms with Gasteiger partial charge in [0.2, 0.25) is 0 Å². The van der Waals surface area contributed by atoms with Crippen LogP contribution in [0.5, 0.6) is 0 Å². The van der Waals surface area contributed by atoms with Gasteiger partial charge in [-0.25, -0.2) is 4.39 Å². The largest absolute Gasteiger partial charge is 0.378 e. The second-order valence-corrected chi connectivity index (χ2v) is 5.93. The number of nitrogens with one attached hydrogen (secondary N) is 1. The maximum Gasteiger partial charge on any atom is 0.124 e. The predicted molar refractivity (Wildman–Crippen MR) is 78.7 cm³/mol. The number of ether oxygens (including phenoxy) is 1. The molecular formula is C15H21BrFNO. The van der Waals surface area contributed by atoms with E-state index in [1.54, 1.807) is 0 Å². The number of halogens is 2. The third-order valence-electron chi connectivity index (χ3n) is 3.73. The Balaban J connectivity index is 1.88. The minimum absolute atomic E-state index is 0.204. The van der Waals surface area contributed by atoms with E-state index in [0.29, 0.717) is 6.10 Å². The van der Waals surface area contributed by atoms with Crippen molar-refractivity contribution < 1.29 is 9.13 Å². The molecule has 0 radical (unpaired) electrons. The molecule has 2 nitrogen and oxygen atoms in total. The molecule has 1 aromatic carbocycles. The van der Waals surface area contributed by atoms with Gasteiger partial charge in [-0.3, -0.25) is 0 Å². The van der Waals surface area contributed by atoms with Gasteiger partial charge in [-0.2, -0.15) is 0 Å². The number of hydrogen-bond donors (Lipinski definition) is 1. The summed E-state index contributed by atoms with van der Waals surface area (Å²) in [6.45, 7) is 0.920. The topological polar surface area (TPSA) is 21.3 Å². The lowest BCUT2D eigenvalue weighted by Gasteiger charge is -2.19. The number of benzene rings is 1. The average Bonchev–Trinajstić information content (AvgIpc) is 2.89. The van der Waals surface area contributed by atoms with Gasteiger partial charge in [-0.1, -0.05) is 22.0 Å². The van der Waals surface area contributed by atoms with E-state index >= 15 is 0 Å². The highest BCUT2D eigenvalue weighted by molar-refractivity contribution is 9.10. The maximum absolute atomic E-state index is 13.1. The third kappa shape index (κ3) is 4.26. The van der Waals surface area contributed by atoms with E-state index < -0.39 is 0 Å². The Morgan fingerprint density at radius 3 is 3.00 bits per heavy atom. The van der Waals surface area contributed by atoms with Gasteiger partial charge in [-0.05, 0) is 56.8 Å². The third-order valence-corrected chi connectivity index (χ3v) is 4.42. The SMILES string of the molecule is CNC(CCCC1CCCO1)c1ccc(F)cc1Br. The highest BCUT2D eigenvalue weighted by atomic mass is 79.9. The van der Waals surface area contributed by atoms with Crippen LogP contribution < -0.4 is 5.32 Å². The molecule has 2 rings (SSSR count). The molecule has 2 unspecified atom stereocenters. The van der Waals surface area contributed by atoms with Crippen molar-refractivity contribution in [1.82, 2.24) is 5.32 Å². The standard InChI is InChI=1S/C15H21BrFNO/c1-18-15(6-2-4-12-5-3-9-19-12)13-8-7-11(17)10-14(13)16/h7-8,10,12,15,18H,2-6,9H2,1H3. The zero-order valence-electron chi connectivity index (χ0n) is 11.3. The quantitative estimate of drug-likeness (QED) is 0.844. The van der Waals surface area contributed by atoms with E-state index in [1.165, 1.54) is 25.0 Å². The van der Waals surface area contributed by atoms with Crippen LogP contribution in [0.3, 0.4) is 0 Å². The molecule has 0 bridgehead atoms. The monoisotopic (exact) mass is 329 g/mol. The minimum atomic E-state index is -0.204. The predicted octanol–water partition coefficient (Wildman–Crippen LogP) is 4.20. The van der Waals surface area contributed by atoms with Crippen molar-refractivity contribution >= 4 is 15.9 Å². The van der Waals surface area contributed by atoms with Crippen molar-refractivity contribution in [3.8, 4) is 0 Å². The van der Waals surface area contributed by atoms with E-state index in [-0.39, 0.29) is 11.9 Å². The molecule has 1 aliphatic rings. The van der Waals surface area contributed by atoms with Crippen LogP contribution in [0.4, 0.5) is 4.39 Å². The highest BCUT2D eigenvalue weighted by Crippen LogP contribution is 2.28. The molecule has 1 aromatic rings. The first-order valence-electron chi connectivity index (χ1n) is 6.94. The molecule has 0 saturated carbocycles. The summed E-state index contributed by atoms with van der Waals surface area (Å²) < 4.78 is 19.6. The van der Waals surface area contributed by atoms with Crippen molar-refractivity contribution in [3.05, 3.63) is 34.1 Å². The van der Waals surface area contributed by atoms with E-state index in [0.717, 1.165) is 35.9 Å². The Labute approximate surface area is 122 Å². The molecule has 1 heterocycles. The first-order chi connectivity index (χ1) is 9.20. The molecule has 106 valence electrons. The maximum atomic E-state index is 13.1. The summed E-state index contributed by atoms with van der Waals surface area (Å²) >= 11 is 3.44. The fourth-order valence-corrected chi connectivity index (χ4v) is 3.29. The summed E-state index contributed by atoms with van der Waals surface area (Å²) in [5.41, 5.74) is 1.12. The Morgan fingerprint density at radius 1 is 1.53 bits per heavy atom. The van der Waals surface area contributed by atoms with Crippen LogP contribution in [-0.2, 0) is 4.74 Å². The van der Waals surface area contributed by atoms with Gasteiger partial charge < -0.3 is 10.1 Å². The van der Waals surface area contributed by atoms with Gasteiger partial charge in [0.1, 0.15) is 5.82 Å². The summed E-state index contributed by atoms with van der Waals surface area (Å²) in [5, 5.41) is 3.31. The summed E-state index contributed by atoms with van der Waals surface area (Å²) in [5.74, 6) is -0.204. The smallest absolute Gasteiger partial charge is 0.124 e. The summed E-state index contributed by atoms with van der Waals surface area (Å²) in [7, 11) is 1.95. The van der Waals surface area contributed by atoms with Gasteiger partial charge in [0.15, 0.2) is 0 Å². The molecule has 2 atom stereocenters. The first-order valence-corrected chi connectivity index (χ1v) is 7.74. The van der Waals surface area contributed by atoms with E-state index in [2.05, 4.69) is 21.2 Å². The molecule has 4 heteroatoms. The van der Waals surface area contributed by atoms with Gasteiger partial charge in [-0.15, -0.1) is 0 Å². The lowest BCUT2D eigenvalue weighted by Crippen LogP contribution is -2.17. The van der Waals surface area contributed by atoms with Gasteiger partial charge in [0.25, 0.3) is 0 Å². The molecule has 0 spiro atoms. The van der Waals surface area contributed by atoms with Crippen LogP contribution in [0.1, 0.15) is 43.7 Å². The molecule has 1 fully saturated rings. The Morgan fingerprint density at radius 2 is 2.37 bits per heavy atom.